The van der Waals surface area contributed by atoms with Crippen molar-refractivity contribution in [2.45, 2.75) is 44.1 Å². The predicted molar refractivity (Wildman–Crippen MR) is 89.7 cm³/mol. The van der Waals surface area contributed by atoms with Crippen LogP contribution in [0.2, 0.25) is 0 Å². The molecule has 1 atom stereocenters. The second kappa shape index (κ2) is 5.65. The van der Waals surface area contributed by atoms with Crippen LogP contribution in [0.4, 0.5) is 8.78 Å². The van der Waals surface area contributed by atoms with Gasteiger partial charge in [0.1, 0.15) is 6.33 Å². The molecule has 3 aromatic rings. The Morgan fingerprint density at radius 1 is 1.12 bits per heavy atom. The van der Waals surface area contributed by atoms with Crippen molar-refractivity contribution >= 4 is 16.8 Å². The van der Waals surface area contributed by atoms with Crippen molar-refractivity contribution in [3.8, 4) is 0 Å². The molecule has 0 aliphatic heterocycles. The van der Waals surface area contributed by atoms with Gasteiger partial charge in [0.15, 0.2) is 23.1 Å². The highest BCUT2D eigenvalue weighted by Crippen LogP contribution is 2.40. The molecule has 0 radical (unpaired) electrons. The molecule has 132 valence electrons. The molecular formula is C19H16F2N4O. The van der Waals surface area contributed by atoms with Gasteiger partial charge in [-0.05, 0) is 24.5 Å². The third-order valence-electron chi connectivity index (χ3n) is 5.54. The lowest BCUT2D eigenvalue weighted by atomic mass is 9.94. The summed E-state index contributed by atoms with van der Waals surface area (Å²) < 4.78 is 30.1. The van der Waals surface area contributed by atoms with Crippen LogP contribution in [-0.4, -0.2) is 25.5 Å². The fraction of sp³-hybridized carbons (Fsp3) is 0.368. The van der Waals surface area contributed by atoms with E-state index < -0.39 is 17.6 Å². The molecule has 2 aromatic heterocycles. The van der Waals surface area contributed by atoms with E-state index in [2.05, 4.69) is 15.1 Å². The Balaban J connectivity index is 1.68. The van der Waals surface area contributed by atoms with Crippen LogP contribution in [0.15, 0.2) is 24.7 Å². The summed E-state index contributed by atoms with van der Waals surface area (Å²) in [5, 5.41) is 5.17. The van der Waals surface area contributed by atoms with Gasteiger partial charge in [0.25, 0.3) is 0 Å². The minimum absolute atomic E-state index is 0.0828. The number of hydrogen-bond acceptors (Lipinski definition) is 4. The number of carbonyl (C=O) groups is 1. The van der Waals surface area contributed by atoms with Crippen molar-refractivity contribution in [2.24, 2.45) is 0 Å². The first kappa shape index (κ1) is 15.5. The minimum atomic E-state index is -0.965. The van der Waals surface area contributed by atoms with Gasteiger partial charge in [-0.25, -0.2) is 18.7 Å². The van der Waals surface area contributed by atoms with Gasteiger partial charge in [-0.15, -0.1) is 0 Å². The number of nitrogens with zero attached hydrogens (tertiary/aromatic N) is 4. The summed E-state index contributed by atoms with van der Waals surface area (Å²) in [5.41, 5.74) is 1.52. The first-order valence-electron chi connectivity index (χ1n) is 8.82. The van der Waals surface area contributed by atoms with Crippen molar-refractivity contribution in [1.29, 1.82) is 0 Å². The molecule has 5 nitrogen and oxygen atoms in total. The van der Waals surface area contributed by atoms with E-state index >= 15 is 0 Å². The summed E-state index contributed by atoms with van der Waals surface area (Å²) in [7, 11) is 0. The Kier molecular flexibility index (Phi) is 3.38. The van der Waals surface area contributed by atoms with Crippen molar-refractivity contribution in [1.82, 2.24) is 19.7 Å². The standard InChI is InChI=1S/C19H16F2N4O/c20-13-6-5-10-7-14(26)16(15(10)17(13)21)18-12-8-25(11-3-1-2-4-11)24-19(12)23-9-22-18/h5-6,8-9,11,16H,1-4,7H2. The quantitative estimate of drug-likeness (QED) is 0.707. The maximum atomic E-state index is 14.5. The summed E-state index contributed by atoms with van der Waals surface area (Å²) in [6.45, 7) is 0. The van der Waals surface area contributed by atoms with Crippen LogP contribution in [0, 0.1) is 11.6 Å². The van der Waals surface area contributed by atoms with Gasteiger partial charge in [0, 0.05) is 18.2 Å². The van der Waals surface area contributed by atoms with Crippen LogP contribution in [0.1, 0.15) is 54.5 Å². The molecule has 0 N–H and O–H groups in total. The van der Waals surface area contributed by atoms with Gasteiger partial charge in [0.05, 0.1) is 23.0 Å². The lowest BCUT2D eigenvalue weighted by Gasteiger charge is -2.12. The number of hydrogen-bond donors (Lipinski definition) is 0. The zero-order chi connectivity index (χ0) is 17.8. The topological polar surface area (TPSA) is 60.7 Å². The molecule has 0 saturated heterocycles. The molecule has 1 aromatic carbocycles. The number of fused-ring (bicyclic) bond motifs is 2. The molecule has 2 heterocycles. The zero-order valence-electron chi connectivity index (χ0n) is 14.0. The Morgan fingerprint density at radius 2 is 1.92 bits per heavy atom. The zero-order valence-corrected chi connectivity index (χ0v) is 14.0. The fourth-order valence-electron chi connectivity index (χ4n) is 4.27. The SMILES string of the molecule is O=C1Cc2ccc(F)c(F)c2C1c1ncnc2nn(C3CCCC3)cc12. The molecule has 7 heteroatoms. The van der Waals surface area contributed by atoms with Crippen molar-refractivity contribution in [3.05, 3.63) is 53.1 Å². The van der Waals surface area contributed by atoms with Crippen molar-refractivity contribution < 1.29 is 13.6 Å². The molecule has 2 aliphatic rings. The van der Waals surface area contributed by atoms with Crippen LogP contribution in [0.5, 0.6) is 0 Å². The Labute approximate surface area is 148 Å². The smallest absolute Gasteiger partial charge is 0.184 e. The van der Waals surface area contributed by atoms with Crippen molar-refractivity contribution in [3.63, 3.8) is 0 Å². The van der Waals surface area contributed by atoms with Gasteiger partial charge in [-0.1, -0.05) is 18.9 Å². The molecule has 2 aliphatic carbocycles. The summed E-state index contributed by atoms with van der Waals surface area (Å²) in [4.78, 5) is 21.1. The summed E-state index contributed by atoms with van der Waals surface area (Å²) >= 11 is 0. The van der Waals surface area contributed by atoms with Crippen molar-refractivity contribution in [2.75, 3.05) is 0 Å². The third-order valence-corrected chi connectivity index (χ3v) is 5.54. The number of rotatable bonds is 2. The van der Waals surface area contributed by atoms with E-state index in [-0.39, 0.29) is 17.8 Å². The third kappa shape index (κ3) is 2.19. The normalized spacial score (nSPS) is 20.2. The summed E-state index contributed by atoms with van der Waals surface area (Å²) in [6, 6.07) is 2.86. The van der Waals surface area contributed by atoms with E-state index in [4.69, 9.17) is 0 Å². The number of benzene rings is 1. The average Bonchev–Trinajstić information content (AvgIpc) is 3.35. The summed E-state index contributed by atoms with van der Waals surface area (Å²) in [5.74, 6) is -3.01. The van der Waals surface area contributed by atoms with Gasteiger partial charge in [-0.3, -0.25) is 9.48 Å². The summed E-state index contributed by atoms with van der Waals surface area (Å²) in [6.07, 6.45) is 7.72. The molecule has 0 amide bonds. The Morgan fingerprint density at radius 3 is 2.73 bits per heavy atom. The van der Waals surface area contributed by atoms with E-state index in [0.29, 0.717) is 28.3 Å². The molecule has 0 spiro atoms. The molecule has 1 saturated carbocycles. The van der Waals surface area contributed by atoms with Gasteiger partial charge < -0.3 is 0 Å². The molecule has 5 rings (SSSR count). The highest BCUT2D eigenvalue weighted by molar-refractivity contribution is 5.98. The maximum absolute atomic E-state index is 14.5. The number of carbonyl (C=O) groups excluding carboxylic acids is 1. The van der Waals surface area contributed by atoms with Gasteiger partial charge in [-0.2, -0.15) is 5.10 Å². The van der Waals surface area contributed by atoms with Gasteiger partial charge in [0.2, 0.25) is 0 Å². The van der Waals surface area contributed by atoms with Crippen LogP contribution in [0.25, 0.3) is 11.0 Å². The molecule has 1 fully saturated rings. The number of ketones is 1. The minimum Gasteiger partial charge on any atom is -0.298 e. The highest BCUT2D eigenvalue weighted by atomic mass is 19.2. The first-order valence-corrected chi connectivity index (χ1v) is 8.82. The maximum Gasteiger partial charge on any atom is 0.184 e. The number of Topliss-reactive ketones (excluding diaryl/α,β-unsaturated/α-hetero) is 1. The number of aromatic nitrogens is 4. The van der Waals surface area contributed by atoms with Crippen LogP contribution >= 0.6 is 0 Å². The van der Waals surface area contributed by atoms with Crippen LogP contribution in [-0.2, 0) is 11.2 Å². The largest absolute Gasteiger partial charge is 0.298 e. The Hall–Kier alpha value is -2.70. The van der Waals surface area contributed by atoms with Crippen LogP contribution in [0.3, 0.4) is 0 Å². The molecular weight excluding hydrogens is 338 g/mol. The average molecular weight is 354 g/mol. The second-order valence-electron chi connectivity index (χ2n) is 7.05. The van der Waals surface area contributed by atoms with E-state index in [1.54, 1.807) is 0 Å². The lowest BCUT2D eigenvalue weighted by Crippen LogP contribution is -2.12. The van der Waals surface area contributed by atoms with Crippen LogP contribution < -0.4 is 0 Å². The molecule has 26 heavy (non-hydrogen) atoms. The Bertz CT molecular complexity index is 1040. The fourth-order valence-corrected chi connectivity index (χ4v) is 4.27. The van der Waals surface area contributed by atoms with E-state index in [0.717, 1.165) is 18.9 Å². The predicted octanol–water partition coefficient (Wildman–Crippen LogP) is 3.48. The van der Waals surface area contributed by atoms with E-state index in [1.807, 2.05) is 10.9 Å². The van der Waals surface area contributed by atoms with Gasteiger partial charge >= 0.3 is 0 Å². The van der Waals surface area contributed by atoms with E-state index in [1.165, 1.54) is 25.2 Å². The van der Waals surface area contributed by atoms with E-state index in [9.17, 15) is 13.6 Å². The number of halogens is 2. The molecule has 0 bridgehead atoms. The monoisotopic (exact) mass is 354 g/mol. The first-order chi connectivity index (χ1) is 12.6. The second-order valence-corrected chi connectivity index (χ2v) is 7.05. The lowest BCUT2D eigenvalue weighted by molar-refractivity contribution is -0.118. The molecule has 1 unspecified atom stereocenters. The highest BCUT2D eigenvalue weighted by Gasteiger charge is 2.38.